The summed E-state index contributed by atoms with van der Waals surface area (Å²) in [5.74, 6) is -0.160. The molecule has 38 heavy (non-hydrogen) atoms. The fraction of sp³-hybridized carbons (Fsp3) is 0.613. The number of hydrogen-bond acceptors (Lipinski definition) is 5. The van der Waals surface area contributed by atoms with E-state index in [-0.39, 0.29) is 36.0 Å². The van der Waals surface area contributed by atoms with Gasteiger partial charge in [0.05, 0.1) is 24.2 Å². The van der Waals surface area contributed by atoms with E-state index in [1.54, 1.807) is 0 Å². The first kappa shape index (κ1) is 28.3. The smallest absolute Gasteiger partial charge is 0.261 e. The molecule has 0 amide bonds. The molecule has 3 aliphatic rings. The lowest BCUT2D eigenvalue weighted by Crippen LogP contribution is -2.69. The summed E-state index contributed by atoms with van der Waals surface area (Å²) >= 11 is 7.08. The molecule has 3 fully saturated rings. The zero-order chi connectivity index (χ0) is 27.3. The minimum atomic E-state index is -2.81. The van der Waals surface area contributed by atoms with Gasteiger partial charge >= 0.3 is 0 Å². The van der Waals surface area contributed by atoms with Gasteiger partial charge in [-0.05, 0) is 52.9 Å². The summed E-state index contributed by atoms with van der Waals surface area (Å²) in [5.41, 5.74) is -2.47. The highest BCUT2D eigenvalue weighted by atomic mass is 35.5. The number of halogens is 1. The van der Waals surface area contributed by atoms with Crippen molar-refractivity contribution in [1.29, 1.82) is 0 Å². The number of aliphatic hydroxyl groups is 3. The molecule has 1 heterocycles. The van der Waals surface area contributed by atoms with E-state index in [9.17, 15) is 15.3 Å². The predicted octanol–water partition coefficient (Wildman–Crippen LogP) is 3.71. The molecule has 5 rings (SSSR count). The number of aliphatic hydroxyl groups excluding tert-OH is 2. The standard InChI is InChI=1S/C31H43ClO5Si/c1-29(2,3)38(21-12-7-5-8-13-21,22-14-9-6-10-15-22)36-19-25-23-16-11-17-24(23)28(32)31(35)26(18-33)37-30(4,20-34)27(25)31/h5-10,12-15,23-28,33-35H,11,16-20H2,1-4H3/t23-,24+,25+,26+,27-,28-,30-,31-/m0/s1. The second kappa shape index (κ2) is 10.3. The van der Waals surface area contributed by atoms with E-state index in [4.69, 9.17) is 20.8 Å². The topological polar surface area (TPSA) is 79.2 Å². The van der Waals surface area contributed by atoms with Crippen molar-refractivity contribution in [2.75, 3.05) is 19.8 Å². The van der Waals surface area contributed by atoms with Crippen LogP contribution < -0.4 is 10.4 Å². The Hall–Kier alpha value is -1.25. The van der Waals surface area contributed by atoms with Gasteiger partial charge in [0.1, 0.15) is 11.7 Å². The summed E-state index contributed by atoms with van der Waals surface area (Å²) in [6.07, 6.45) is 2.17. The lowest BCUT2D eigenvalue weighted by Gasteiger charge is -2.54. The van der Waals surface area contributed by atoms with E-state index < -0.39 is 36.9 Å². The molecule has 2 saturated carbocycles. The molecule has 0 aromatic heterocycles. The average molecular weight is 559 g/mol. The van der Waals surface area contributed by atoms with Crippen LogP contribution >= 0.6 is 11.6 Å². The van der Waals surface area contributed by atoms with Crippen LogP contribution in [0, 0.1) is 23.7 Å². The van der Waals surface area contributed by atoms with Gasteiger partial charge < -0.3 is 24.5 Å². The fourth-order valence-corrected chi connectivity index (χ4v) is 13.5. The summed E-state index contributed by atoms with van der Waals surface area (Å²) in [5, 5.41) is 34.8. The summed E-state index contributed by atoms with van der Waals surface area (Å²) in [4.78, 5) is 0. The van der Waals surface area contributed by atoms with Crippen LogP contribution in [0.3, 0.4) is 0 Å². The Bertz CT molecular complexity index is 1050. The molecule has 0 bridgehead atoms. The second-order valence-corrected chi connectivity index (χ2v) is 17.7. The molecule has 208 valence electrons. The van der Waals surface area contributed by atoms with Gasteiger partial charge in [0.15, 0.2) is 0 Å². The molecule has 7 heteroatoms. The van der Waals surface area contributed by atoms with Crippen molar-refractivity contribution in [2.24, 2.45) is 23.7 Å². The molecule has 2 aliphatic carbocycles. The van der Waals surface area contributed by atoms with Crippen LogP contribution in [-0.2, 0) is 9.16 Å². The number of benzene rings is 2. The SMILES string of the molecule is CC(C)(C)[Si](OC[C@@H]1[C@H]2CCC[C@H]2[C@H](Cl)[C@@]2(O)[C@@H]1[C@](C)(CO)O[C@@H]2CO)(c1ccccc1)c1ccccc1. The quantitative estimate of drug-likeness (QED) is 0.357. The van der Waals surface area contributed by atoms with Gasteiger partial charge in [0.25, 0.3) is 8.32 Å². The Kier molecular flexibility index (Phi) is 7.66. The Morgan fingerprint density at radius 2 is 1.53 bits per heavy atom. The zero-order valence-corrected chi connectivity index (χ0v) is 24.8. The molecule has 1 aliphatic heterocycles. The van der Waals surface area contributed by atoms with Crippen molar-refractivity contribution in [3.63, 3.8) is 0 Å². The number of alkyl halides is 1. The number of rotatable bonds is 7. The highest BCUT2D eigenvalue weighted by molar-refractivity contribution is 6.99. The molecular formula is C31H43ClO5Si. The highest BCUT2D eigenvalue weighted by Crippen LogP contribution is 2.62. The van der Waals surface area contributed by atoms with Gasteiger partial charge in [-0.1, -0.05) is 87.9 Å². The van der Waals surface area contributed by atoms with Crippen LogP contribution in [0.2, 0.25) is 5.04 Å². The van der Waals surface area contributed by atoms with Crippen molar-refractivity contribution in [3.05, 3.63) is 60.7 Å². The van der Waals surface area contributed by atoms with Gasteiger partial charge in [0.2, 0.25) is 0 Å². The fourth-order valence-electron chi connectivity index (χ4n) is 8.35. The summed E-state index contributed by atoms with van der Waals surface area (Å²) in [6, 6.07) is 21.2. The first-order valence-corrected chi connectivity index (χ1v) is 16.4. The van der Waals surface area contributed by atoms with Crippen molar-refractivity contribution in [1.82, 2.24) is 0 Å². The van der Waals surface area contributed by atoms with Crippen LogP contribution in [0.1, 0.15) is 47.0 Å². The van der Waals surface area contributed by atoms with Gasteiger partial charge in [-0.25, -0.2) is 0 Å². The third-order valence-electron chi connectivity index (χ3n) is 9.89. The normalized spacial score (nSPS) is 37.2. The molecule has 8 atom stereocenters. The molecule has 2 aromatic rings. The maximum atomic E-state index is 12.3. The highest BCUT2D eigenvalue weighted by Gasteiger charge is 2.71. The molecule has 1 saturated heterocycles. The first-order valence-electron chi connectivity index (χ1n) is 14.1. The maximum Gasteiger partial charge on any atom is 0.261 e. The molecule has 0 radical (unpaired) electrons. The molecule has 0 unspecified atom stereocenters. The summed E-state index contributed by atoms with van der Waals surface area (Å²) in [7, 11) is -2.81. The predicted molar refractivity (Wildman–Crippen MR) is 153 cm³/mol. The van der Waals surface area contributed by atoms with Gasteiger partial charge in [0, 0.05) is 12.5 Å². The molecule has 3 N–H and O–H groups in total. The van der Waals surface area contributed by atoms with Crippen LogP contribution in [0.25, 0.3) is 0 Å². The Labute approximate surface area is 233 Å². The van der Waals surface area contributed by atoms with Crippen molar-refractivity contribution in [3.8, 4) is 0 Å². The monoisotopic (exact) mass is 558 g/mol. The third kappa shape index (κ3) is 4.14. The van der Waals surface area contributed by atoms with Gasteiger partial charge in [-0.3, -0.25) is 0 Å². The van der Waals surface area contributed by atoms with Gasteiger partial charge in [-0.15, -0.1) is 11.6 Å². The van der Waals surface area contributed by atoms with Crippen LogP contribution in [-0.4, -0.2) is 66.1 Å². The molecule has 5 nitrogen and oxygen atoms in total. The number of fused-ring (bicyclic) bond motifs is 2. The Morgan fingerprint density at radius 1 is 0.974 bits per heavy atom. The van der Waals surface area contributed by atoms with Crippen LogP contribution in [0.4, 0.5) is 0 Å². The first-order chi connectivity index (χ1) is 18.0. The maximum absolute atomic E-state index is 12.3. The van der Waals surface area contributed by atoms with Crippen LogP contribution in [0.5, 0.6) is 0 Å². The molecular weight excluding hydrogens is 516 g/mol. The lowest BCUT2D eigenvalue weighted by atomic mass is 9.56. The minimum absolute atomic E-state index is 0.0714. The zero-order valence-electron chi connectivity index (χ0n) is 23.0. The third-order valence-corrected chi connectivity index (χ3v) is 15.6. The van der Waals surface area contributed by atoms with Crippen molar-refractivity contribution >= 4 is 30.3 Å². The molecule has 2 aromatic carbocycles. The van der Waals surface area contributed by atoms with Crippen LogP contribution in [0.15, 0.2) is 60.7 Å². The van der Waals surface area contributed by atoms with Gasteiger partial charge in [-0.2, -0.15) is 0 Å². The Balaban J connectivity index is 1.62. The lowest BCUT2D eigenvalue weighted by molar-refractivity contribution is -0.126. The van der Waals surface area contributed by atoms with E-state index >= 15 is 0 Å². The number of ether oxygens (including phenoxy) is 1. The van der Waals surface area contributed by atoms with E-state index in [1.165, 1.54) is 10.4 Å². The largest absolute Gasteiger partial charge is 0.407 e. The Morgan fingerprint density at radius 3 is 2.03 bits per heavy atom. The summed E-state index contributed by atoms with van der Waals surface area (Å²) < 4.78 is 13.6. The minimum Gasteiger partial charge on any atom is -0.407 e. The van der Waals surface area contributed by atoms with Crippen molar-refractivity contribution in [2.45, 2.75) is 74.7 Å². The number of hydrogen-bond donors (Lipinski definition) is 3. The van der Waals surface area contributed by atoms with E-state index in [0.29, 0.717) is 6.61 Å². The average Bonchev–Trinajstić information content (AvgIpc) is 3.49. The van der Waals surface area contributed by atoms with E-state index in [2.05, 4.69) is 69.3 Å². The second-order valence-electron chi connectivity index (χ2n) is 12.9. The molecule has 0 spiro atoms. The summed E-state index contributed by atoms with van der Waals surface area (Å²) in [6.45, 7) is 8.49. The van der Waals surface area contributed by atoms with E-state index in [0.717, 1.165) is 19.3 Å². The van der Waals surface area contributed by atoms with E-state index in [1.807, 2.05) is 19.1 Å². The van der Waals surface area contributed by atoms with Crippen molar-refractivity contribution < 1.29 is 24.5 Å².